The van der Waals surface area contributed by atoms with Gasteiger partial charge in [0, 0.05) is 6.20 Å². The molecule has 0 N–H and O–H groups in total. The number of rotatable bonds is 0. The Balaban J connectivity index is 0.000000404. The molecule has 0 aliphatic rings. The number of nitrogens with zero attached hydrogens (tertiary/aromatic N) is 2. The first-order valence-electron chi connectivity index (χ1n) is 4.39. The van der Waals surface area contributed by atoms with Crippen LogP contribution in [0.2, 0.25) is 0 Å². The maximum Gasteiger partial charge on any atom is 0.137 e. The first kappa shape index (κ1) is 10.7. The van der Waals surface area contributed by atoms with Crippen molar-refractivity contribution in [1.82, 2.24) is 9.38 Å². The second-order valence-corrected chi connectivity index (χ2v) is 3.03. The van der Waals surface area contributed by atoms with Crippen molar-refractivity contribution in [3.05, 3.63) is 48.7 Å². The van der Waals surface area contributed by atoms with Gasteiger partial charge in [-0.3, -0.25) is 4.40 Å². The van der Waals surface area contributed by atoms with Gasteiger partial charge in [-0.05, 0) is 24.3 Å². The molecular weight excluding hydrogens is 391 g/mol. The van der Waals surface area contributed by atoms with Crippen molar-refractivity contribution in [1.29, 1.82) is 0 Å². The Hall–Kier alpha value is -0.852. The average Bonchev–Trinajstić information content (AvgIpc) is 2.70. The van der Waals surface area contributed by atoms with Crippen LogP contribution in [0.15, 0.2) is 48.7 Å². The molecule has 0 fully saturated rings. The number of aromatic nitrogens is 2. The topological polar surface area (TPSA) is 17.3 Å². The summed E-state index contributed by atoms with van der Waals surface area (Å²) in [6, 6.07) is 14.2. The summed E-state index contributed by atoms with van der Waals surface area (Å²) in [6.45, 7) is 0. The predicted molar refractivity (Wildman–Crippen MR) is 58.6 cm³/mol. The molecule has 3 aromatic rings. The van der Waals surface area contributed by atoms with Crippen molar-refractivity contribution in [2.75, 3.05) is 0 Å². The first-order chi connectivity index (χ1) is 7.45. The number of benzene rings is 1. The summed E-state index contributed by atoms with van der Waals surface area (Å²) in [4.78, 5) is 4.48. The number of para-hydroxylation sites is 2. The Labute approximate surface area is 103 Å². The second-order valence-electron chi connectivity index (χ2n) is 3.03. The van der Waals surface area contributed by atoms with Gasteiger partial charge in [-0.15, -0.1) is 0 Å². The zero-order chi connectivity index (χ0) is 10.7. The van der Waals surface area contributed by atoms with E-state index in [-0.39, 0.29) is 0 Å². The molecule has 0 aliphatic carbocycles. The SMILES string of the molecule is [Cl][Pt].c1ccc2c(c1)nc1ccccn12. The molecule has 0 spiro atoms. The molecule has 0 unspecified atom stereocenters. The Morgan fingerprint density at radius 1 is 1.00 bits per heavy atom. The molecule has 0 atom stereocenters. The summed E-state index contributed by atoms with van der Waals surface area (Å²) < 4.78 is 2.09. The van der Waals surface area contributed by atoms with Crippen LogP contribution in [-0.2, 0) is 18.8 Å². The number of hydrogen-bond acceptors (Lipinski definition) is 1. The van der Waals surface area contributed by atoms with E-state index >= 15 is 0 Å². The molecule has 0 radical (unpaired) electrons. The minimum absolute atomic E-state index is 1.00. The largest absolute Gasteiger partial charge is 0.300 e. The standard InChI is InChI=1S/C11H8N2.ClH.Pt/c1-2-6-10-9(5-1)12-11-7-3-4-8-13(10)11;;/h1-8H;1H;/q;;+1/p-1. The van der Waals surface area contributed by atoms with Gasteiger partial charge in [-0.1, -0.05) is 18.2 Å². The van der Waals surface area contributed by atoms with Gasteiger partial charge in [-0.25, -0.2) is 4.98 Å². The Morgan fingerprint density at radius 2 is 1.73 bits per heavy atom. The molecule has 0 saturated carbocycles. The van der Waals surface area contributed by atoms with E-state index in [4.69, 9.17) is 0 Å². The molecule has 0 aliphatic heterocycles. The number of fused-ring (bicyclic) bond motifs is 3. The fraction of sp³-hybridized carbons (Fsp3) is 0. The van der Waals surface area contributed by atoms with Gasteiger partial charge in [0.15, 0.2) is 0 Å². The van der Waals surface area contributed by atoms with Crippen LogP contribution in [0.5, 0.6) is 0 Å². The van der Waals surface area contributed by atoms with Crippen LogP contribution in [0.3, 0.4) is 0 Å². The van der Waals surface area contributed by atoms with Crippen molar-refractivity contribution >= 4 is 26.1 Å². The monoisotopic (exact) mass is 398 g/mol. The summed E-state index contributed by atoms with van der Waals surface area (Å²) in [7, 11) is 4.61. The summed E-state index contributed by atoms with van der Waals surface area (Å²) in [5.41, 5.74) is 3.22. The molecule has 1 aromatic carbocycles. The van der Waals surface area contributed by atoms with Crippen molar-refractivity contribution in [3.63, 3.8) is 0 Å². The molecule has 3 rings (SSSR count). The first-order valence-corrected chi connectivity index (χ1v) is 7.20. The summed E-state index contributed by atoms with van der Waals surface area (Å²) in [6.07, 6.45) is 2.03. The van der Waals surface area contributed by atoms with Gasteiger partial charge in [0.05, 0.1) is 11.0 Å². The van der Waals surface area contributed by atoms with E-state index in [1.807, 2.05) is 42.6 Å². The molecule has 15 heavy (non-hydrogen) atoms. The number of hydrogen-bond donors (Lipinski definition) is 0. The van der Waals surface area contributed by atoms with Gasteiger partial charge in [0.1, 0.15) is 5.65 Å². The molecule has 0 bridgehead atoms. The fourth-order valence-electron chi connectivity index (χ4n) is 1.61. The van der Waals surface area contributed by atoms with Crippen LogP contribution in [0.1, 0.15) is 0 Å². The Bertz CT molecular complexity index is 526. The summed E-state index contributed by atoms with van der Waals surface area (Å²) in [5.74, 6) is 0. The molecular formula is C11H8ClN2Pt. The third kappa shape index (κ3) is 1.92. The third-order valence-electron chi connectivity index (χ3n) is 2.21. The van der Waals surface area contributed by atoms with E-state index in [0.29, 0.717) is 0 Å². The van der Waals surface area contributed by atoms with Gasteiger partial charge < -0.3 is 0 Å². The molecule has 2 nitrogen and oxygen atoms in total. The normalized spacial score (nSPS) is 10.1. The zero-order valence-corrected chi connectivity index (χ0v) is 10.7. The molecule has 0 amide bonds. The maximum absolute atomic E-state index is 4.61. The third-order valence-corrected chi connectivity index (χ3v) is 2.21. The van der Waals surface area contributed by atoms with E-state index < -0.39 is 0 Å². The van der Waals surface area contributed by atoms with E-state index in [0.717, 1.165) is 16.7 Å². The maximum atomic E-state index is 4.61. The zero-order valence-electron chi connectivity index (χ0n) is 7.71. The van der Waals surface area contributed by atoms with Crippen LogP contribution in [0.25, 0.3) is 16.7 Å². The minimum atomic E-state index is 1.00. The molecule has 79 valence electrons. The van der Waals surface area contributed by atoms with Crippen molar-refractivity contribution in [3.8, 4) is 0 Å². The summed E-state index contributed by atoms with van der Waals surface area (Å²) >= 11 is 1.61. The van der Waals surface area contributed by atoms with Gasteiger partial charge >= 0.3 is 28.2 Å². The van der Waals surface area contributed by atoms with E-state index in [1.54, 1.807) is 18.8 Å². The van der Waals surface area contributed by atoms with E-state index in [9.17, 15) is 0 Å². The predicted octanol–water partition coefficient (Wildman–Crippen LogP) is 3.17. The fourth-order valence-corrected chi connectivity index (χ4v) is 1.61. The quantitative estimate of drug-likeness (QED) is 0.568. The smallest absolute Gasteiger partial charge is 0.137 e. The second kappa shape index (κ2) is 4.78. The molecule has 0 saturated heterocycles. The Morgan fingerprint density at radius 3 is 2.60 bits per heavy atom. The number of halogens is 1. The van der Waals surface area contributed by atoms with Crippen molar-refractivity contribution in [2.24, 2.45) is 0 Å². The van der Waals surface area contributed by atoms with Crippen LogP contribution >= 0.6 is 9.42 Å². The molecule has 2 aromatic heterocycles. The number of imidazole rings is 1. The van der Waals surface area contributed by atoms with Crippen molar-refractivity contribution < 1.29 is 18.8 Å². The van der Waals surface area contributed by atoms with Crippen LogP contribution in [0.4, 0.5) is 0 Å². The summed E-state index contributed by atoms with van der Waals surface area (Å²) in [5, 5.41) is 0. The minimum Gasteiger partial charge on any atom is -0.300 e. The van der Waals surface area contributed by atoms with Crippen LogP contribution < -0.4 is 0 Å². The molecule has 4 heteroatoms. The molecule has 2 heterocycles. The van der Waals surface area contributed by atoms with Crippen LogP contribution in [-0.4, -0.2) is 9.38 Å². The van der Waals surface area contributed by atoms with Crippen molar-refractivity contribution in [2.45, 2.75) is 0 Å². The van der Waals surface area contributed by atoms with Gasteiger partial charge in [0.2, 0.25) is 0 Å². The van der Waals surface area contributed by atoms with Gasteiger partial charge in [0.25, 0.3) is 0 Å². The average molecular weight is 399 g/mol. The van der Waals surface area contributed by atoms with Crippen LogP contribution in [0, 0.1) is 0 Å². The number of pyridine rings is 1. The van der Waals surface area contributed by atoms with E-state index in [2.05, 4.69) is 24.9 Å². The Kier molecular flexibility index (Phi) is 3.40. The van der Waals surface area contributed by atoms with E-state index in [1.165, 1.54) is 0 Å². The van der Waals surface area contributed by atoms with Gasteiger partial charge in [-0.2, -0.15) is 0 Å².